The molecule has 1 atom stereocenters. The third kappa shape index (κ3) is 4.81. The summed E-state index contributed by atoms with van der Waals surface area (Å²) in [6.07, 6.45) is 8.38. The second-order valence-corrected chi connectivity index (χ2v) is 8.67. The Kier molecular flexibility index (Phi) is 6.71. The van der Waals surface area contributed by atoms with E-state index in [0.29, 0.717) is 24.4 Å². The first-order valence-corrected chi connectivity index (χ1v) is 11.9. The van der Waals surface area contributed by atoms with Gasteiger partial charge in [0.2, 0.25) is 5.82 Å². The van der Waals surface area contributed by atoms with Crippen molar-refractivity contribution < 1.29 is 9.90 Å². The minimum Gasteiger partial charge on any atom is -0.478 e. The largest absolute Gasteiger partial charge is 0.478 e. The maximum Gasteiger partial charge on any atom is 0.336 e. The van der Waals surface area contributed by atoms with Gasteiger partial charge in [0.05, 0.1) is 18.2 Å². The lowest BCUT2D eigenvalue weighted by molar-refractivity contribution is 0.0694. The van der Waals surface area contributed by atoms with Gasteiger partial charge in [-0.2, -0.15) is 5.21 Å². The standard InChI is InChI=1S/C27H25N7O3/c1-2-5-24(20-6-3-4-7-22(20)26(35)36)34-15-14-33(27(34)37)17-18-8-10-19(11-9-18)23-16-28-13-12-21(23)25-29-31-32-30-25/h3-4,6-16,24H,2,5,17H2,1H3,(H,35,36)(H,29,30,31,32). The summed E-state index contributed by atoms with van der Waals surface area (Å²) in [6, 6.07) is 16.2. The monoisotopic (exact) mass is 495 g/mol. The predicted molar refractivity (Wildman–Crippen MR) is 137 cm³/mol. The van der Waals surface area contributed by atoms with E-state index in [1.54, 1.807) is 58.2 Å². The summed E-state index contributed by atoms with van der Waals surface area (Å²) in [6.45, 7) is 2.41. The van der Waals surface area contributed by atoms with Crippen LogP contribution in [0.3, 0.4) is 0 Å². The number of rotatable bonds is 9. The topological polar surface area (TPSA) is 132 Å². The third-order valence-corrected chi connectivity index (χ3v) is 6.35. The Morgan fingerprint density at radius 3 is 2.59 bits per heavy atom. The number of tetrazole rings is 1. The number of carboxylic acid groups (broad SMARTS) is 1. The molecule has 2 aromatic carbocycles. The molecule has 0 spiro atoms. The molecule has 186 valence electrons. The van der Waals surface area contributed by atoms with Crippen LogP contribution in [0, 0.1) is 0 Å². The number of aromatic amines is 1. The molecule has 0 bridgehead atoms. The van der Waals surface area contributed by atoms with Crippen LogP contribution in [0.15, 0.2) is 84.2 Å². The number of H-pyrrole nitrogens is 1. The molecular weight excluding hydrogens is 470 g/mol. The van der Waals surface area contributed by atoms with Crippen LogP contribution in [0.25, 0.3) is 22.5 Å². The molecule has 0 aliphatic carbocycles. The summed E-state index contributed by atoms with van der Waals surface area (Å²) in [7, 11) is 0. The number of carboxylic acids is 1. The Bertz CT molecular complexity index is 1570. The molecule has 5 aromatic rings. The van der Waals surface area contributed by atoms with E-state index in [1.807, 2.05) is 37.3 Å². The van der Waals surface area contributed by atoms with Crippen LogP contribution in [0.2, 0.25) is 0 Å². The zero-order valence-corrected chi connectivity index (χ0v) is 20.2. The highest BCUT2D eigenvalue weighted by Gasteiger charge is 2.22. The molecule has 0 saturated heterocycles. The summed E-state index contributed by atoms with van der Waals surface area (Å²) in [5.41, 5.74) is 4.24. The number of nitrogens with one attached hydrogen (secondary N) is 1. The fourth-order valence-corrected chi connectivity index (χ4v) is 4.57. The molecule has 3 aromatic heterocycles. The van der Waals surface area contributed by atoms with Crippen molar-refractivity contribution in [2.75, 3.05) is 0 Å². The molecule has 37 heavy (non-hydrogen) atoms. The van der Waals surface area contributed by atoms with E-state index in [2.05, 4.69) is 25.6 Å². The van der Waals surface area contributed by atoms with Gasteiger partial charge in [-0.15, -0.1) is 10.2 Å². The van der Waals surface area contributed by atoms with Crippen molar-refractivity contribution in [2.24, 2.45) is 0 Å². The molecule has 0 fully saturated rings. The van der Waals surface area contributed by atoms with Crippen molar-refractivity contribution in [3.05, 3.63) is 107 Å². The summed E-state index contributed by atoms with van der Waals surface area (Å²) in [5, 5.41) is 23.9. The molecule has 0 amide bonds. The quantitative estimate of drug-likeness (QED) is 0.316. The van der Waals surface area contributed by atoms with Gasteiger partial charge in [0.1, 0.15) is 0 Å². The van der Waals surface area contributed by atoms with E-state index in [4.69, 9.17) is 0 Å². The maximum absolute atomic E-state index is 13.4. The number of benzene rings is 2. The summed E-state index contributed by atoms with van der Waals surface area (Å²) < 4.78 is 3.27. The lowest BCUT2D eigenvalue weighted by Crippen LogP contribution is -2.29. The molecule has 5 rings (SSSR count). The number of aromatic carboxylic acids is 1. The van der Waals surface area contributed by atoms with Gasteiger partial charge in [-0.05, 0) is 40.5 Å². The smallest absolute Gasteiger partial charge is 0.336 e. The third-order valence-electron chi connectivity index (χ3n) is 6.35. The lowest BCUT2D eigenvalue weighted by atomic mass is 9.97. The van der Waals surface area contributed by atoms with Gasteiger partial charge >= 0.3 is 11.7 Å². The van der Waals surface area contributed by atoms with Gasteiger partial charge < -0.3 is 5.11 Å². The predicted octanol–water partition coefficient (Wildman–Crippen LogP) is 4.03. The normalized spacial score (nSPS) is 11.9. The zero-order valence-electron chi connectivity index (χ0n) is 20.2. The van der Waals surface area contributed by atoms with Crippen LogP contribution in [0.4, 0.5) is 0 Å². The lowest BCUT2D eigenvalue weighted by Gasteiger charge is -2.19. The fourth-order valence-electron chi connectivity index (χ4n) is 4.57. The number of pyridine rings is 1. The molecule has 0 aliphatic rings. The minimum atomic E-state index is -1.000. The highest BCUT2D eigenvalue weighted by Crippen LogP contribution is 2.29. The van der Waals surface area contributed by atoms with E-state index >= 15 is 0 Å². The van der Waals surface area contributed by atoms with Gasteiger partial charge in [0.15, 0.2) is 0 Å². The number of aromatic nitrogens is 7. The number of imidazole rings is 1. The van der Waals surface area contributed by atoms with Crippen LogP contribution in [0.5, 0.6) is 0 Å². The zero-order chi connectivity index (χ0) is 25.8. The first-order valence-electron chi connectivity index (χ1n) is 11.9. The van der Waals surface area contributed by atoms with Crippen LogP contribution >= 0.6 is 0 Å². The van der Waals surface area contributed by atoms with Crippen LogP contribution in [-0.2, 0) is 6.54 Å². The van der Waals surface area contributed by atoms with Crippen molar-refractivity contribution >= 4 is 5.97 Å². The van der Waals surface area contributed by atoms with Crippen LogP contribution in [0.1, 0.15) is 47.3 Å². The SMILES string of the molecule is CCCC(c1ccccc1C(=O)O)n1ccn(Cc2ccc(-c3cnccc3-c3nn[nH]n3)cc2)c1=O. The van der Waals surface area contributed by atoms with E-state index in [-0.39, 0.29) is 17.3 Å². The van der Waals surface area contributed by atoms with Crippen molar-refractivity contribution in [3.8, 4) is 22.5 Å². The van der Waals surface area contributed by atoms with Crippen molar-refractivity contribution in [3.63, 3.8) is 0 Å². The molecule has 0 radical (unpaired) electrons. The van der Waals surface area contributed by atoms with Gasteiger partial charge in [0.25, 0.3) is 0 Å². The average molecular weight is 496 g/mol. The van der Waals surface area contributed by atoms with Crippen LogP contribution < -0.4 is 5.69 Å². The van der Waals surface area contributed by atoms with Gasteiger partial charge in [-0.25, -0.2) is 9.59 Å². The van der Waals surface area contributed by atoms with Crippen molar-refractivity contribution in [1.29, 1.82) is 0 Å². The fraction of sp³-hybridized carbons (Fsp3) is 0.185. The first-order chi connectivity index (χ1) is 18.1. The number of carbonyl (C=O) groups is 1. The Morgan fingerprint density at radius 2 is 1.86 bits per heavy atom. The molecule has 0 saturated carbocycles. The molecule has 10 nitrogen and oxygen atoms in total. The number of hydrogen-bond acceptors (Lipinski definition) is 6. The van der Waals surface area contributed by atoms with Gasteiger partial charge in [0, 0.05) is 35.9 Å². The Labute approximate surface area is 212 Å². The van der Waals surface area contributed by atoms with E-state index in [1.165, 1.54) is 0 Å². The van der Waals surface area contributed by atoms with E-state index < -0.39 is 5.97 Å². The van der Waals surface area contributed by atoms with E-state index in [0.717, 1.165) is 28.7 Å². The van der Waals surface area contributed by atoms with Crippen molar-refractivity contribution in [1.82, 2.24) is 34.7 Å². The highest BCUT2D eigenvalue weighted by molar-refractivity contribution is 5.89. The summed E-state index contributed by atoms with van der Waals surface area (Å²) in [4.78, 5) is 29.4. The maximum atomic E-state index is 13.4. The van der Waals surface area contributed by atoms with Crippen molar-refractivity contribution in [2.45, 2.75) is 32.4 Å². The molecule has 10 heteroatoms. The van der Waals surface area contributed by atoms with Gasteiger partial charge in [-0.1, -0.05) is 55.8 Å². The molecule has 3 heterocycles. The Balaban J connectivity index is 1.41. The summed E-state index contributed by atoms with van der Waals surface area (Å²) >= 11 is 0. The minimum absolute atomic E-state index is 0.186. The Hall–Kier alpha value is -4.86. The van der Waals surface area contributed by atoms with E-state index in [9.17, 15) is 14.7 Å². The second-order valence-electron chi connectivity index (χ2n) is 8.67. The molecular formula is C27H25N7O3. The Morgan fingerprint density at radius 1 is 1.05 bits per heavy atom. The molecule has 1 unspecified atom stereocenters. The van der Waals surface area contributed by atoms with Gasteiger partial charge in [-0.3, -0.25) is 14.1 Å². The molecule has 2 N–H and O–H groups in total. The number of nitrogens with zero attached hydrogens (tertiary/aromatic N) is 6. The second kappa shape index (κ2) is 10.4. The summed E-state index contributed by atoms with van der Waals surface area (Å²) in [5.74, 6) is -0.513. The van der Waals surface area contributed by atoms with Crippen LogP contribution in [-0.4, -0.2) is 45.8 Å². The highest BCUT2D eigenvalue weighted by atomic mass is 16.4. The molecule has 0 aliphatic heterocycles. The average Bonchev–Trinajstić information content (AvgIpc) is 3.59. The first kappa shape index (κ1) is 23.9. The number of hydrogen-bond donors (Lipinski definition) is 2.